The zero-order valence-electron chi connectivity index (χ0n) is 17.5. The van der Waals surface area contributed by atoms with Gasteiger partial charge in [-0.1, -0.05) is 30.3 Å². The van der Waals surface area contributed by atoms with Gasteiger partial charge in [0.2, 0.25) is 0 Å². The highest BCUT2D eigenvalue weighted by Crippen LogP contribution is 2.31. The first-order valence-corrected chi connectivity index (χ1v) is 10.0. The van der Waals surface area contributed by atoms with Crippen molar-refractivity contribution in [3.63, 3.8) is 0 Å². The van der Waals surface area contributed by atoms with Gasteiger partial charge in [0, 0.05) is 25.7 Å². The molecule has 7 heteroatoms. The quantitative estimate of drug-likeness (QED) is 0.664. The molecule has 1 aliphatic rings. The van der Waals surface area contributed by atoms with Crippen molar-refractivity contribution < 1.29 is 9.53 Å². The number of morpholine rings is 1. The number of ether oxygens (including phenoxy) is 1. The van der Waals surface area contributed by atoms with Gasteiger partial charge in [-0.15, -0.1) is 0 Å². The van der Waals surface area contributed by atoms with Crippen LogP contribution in [0.5, 0.6) is 0 Å². The minimum atomic E-state index is -0.192. The van der Waals surface area contributed by atoms with Crippen LogP contribution in [0.4, 0.5) is 0 Å². The fourth-order valence-corrected chi connectivity index (χ4v) is 4.03. The first-order chi connectivity index (χ1) is 14.5. The van der Waals surface area contributed by atoms with Crippen LogP contribution in [0.2, 0.25) is 0 Å². The average Bonchev–Trinajstić information content (AvgIpc) is 2.75. The number of likely N-dealkylation sites (N-methyl/N-ethyl adjacent to an activating group) is 1. The molecule has 0 radical (unpaired) electrons. The summed E-state index contributed by atoms with van der Waals surface area (Å²) in [6.45, 7) is 1.70. The van der Waals surface area contributed by atoms with E-state index in [9.17, 15) is 9.59 Å². The molecule has 0 N–H and O–H groups in total. The number of rotatable bonds is 4. The highest BCUT2D eigenvalue weighted by molar-refractivity contribution is 5.98. The Morgan fingerprint density at radius 3 is 2.70 bits per heavy atom. The van der Waals surface area contributed by atoms with Crippen molar-refractivity contribution in [3.8, 4) is 0 Å². The summed E-state index contributed by atoms with van der Waals surface area (Å²) in [5.41, 5.74) is 1.97. The number of hydrogen-bond acceptors (Lipinski definition) is 5. The summed E-state index contributed by atoms with van der Waals surface area (Å²) in [5, 5.41) is 0.503. The van der Waals surface area contributed by atoms with Crippen LogP contribution in [0, 0.1) is 0 Å². The second-order valence-corrected chi connectivity index (χ2v) is 7.92. The molecule has 7 nitrogen and oxygen atoms in total. The molecule has 30 heavy (non-hydrogen) atoms. The monoisotopic (exact) mass is 406 g/mol. The van der Waals surface area contributed by atoms with Gasteiger partial charge in [0.1, 0.15) is 0 Å². The number of aryl methyl sites for hydroxylation is 1. The maximum Gasteiger partial charge on any atom is 0.260 e. The SMILES string of the molecule is CN(C)C[C@@H]1OCCN(C(=O)c2ccc3c(=O)n(C)cnc3c2)[C@H]1c1ccccc1. The number of carbonyl (C=O) groups is 1. The lowest BCUT2D eigenvalue weighted by atomic mass is 9.96. The van der Waals surface area contributed by atoms with Gasteiger partial charge in [0.05, 0.1) is 36.0 Å². The first-order valence-electron chi connectivity index (χ1n) is 10.0. The Balaban J connectivity index is 1.73. The second-order valence-electron chi connectivity index (χ2n) is 7.92. The van der Waals surface area contributed by atoms with Gasteiger partial charge >= 0.3 is 0 Å². The third-order valence-electron chi connectivity index (χ3n) is 5.46. The Hall–Kier alpha value is -3.03. The van der Waals surface area contributed by atoms with Crippen molar-refractivity contribution in [2.24, 2.45) is 7.05 Å². The van der Waals surface area contributed by atoms with Gasteiger partial charge in [0.25, 0.3) is 11.5 Å². The molecule has 4 rings (SSSR count). The lowest BCUT2D eigenvalue weighted by molar-refractivity contribution is -0.0684. The molecule has 2 heterocycles. The molecule has 0 bridgehead atoms. The summed E-state index contributed by atoms with van der Waals surface area (Å²) in [5.74, 6) is -0.0831. The summed E-state index contributed by atoms with van der Waals surface area (Å²) in [6.07, 6.45) is 1.35. The van der Waals surface area contributed by atoms with Crippen LogP contribution in [0.15, 0.2) is 59.7 Å². The van der Waals surface area contributed by atoms with Crippen LogP contribution in [0.25, 0.3) is 10.9 Å². The molecule has 156 valence electrons. The van der Waals surface area contributed by atoms with Crippen LogP contribution in [0.3, 0.4) is 0 Å². The third-order valence-corrected chi connectivity index (χ3v) is 5.46. The lowest BCUT2D eigenvalue weighted by Crippen LogP contribution is -2.51. The third kappa shape index (κ3) is 3.86. The predicted molar refractivity (Wildman–Crippen MR) is 115 cm³/mol. The molecular formula is C23H26N4O3. The van der Waals surface area contributed by atoms with Crippen LogP contribution < -0.4 is 5.56 Å². The standard InChI is InChI=1S/C23H26N4O3/c1-25(2)14-20-21(16-7-5-4-6-8-16)27(11-12-30-20)22(28)17-9-10-18-19(13-17)24-15-26(3)23(18)29/h4-10,13,15,20-21H,11-12,14H2,1-3H3/t20-,21-/m0/s1. The lowest BCUT2D eigenvalue weighted by Gasteiger charge is -2.42. The second kappa shape index (κ2) is 8.38. The van der Waals surface area contributed by atoms with Gasteiger partial charge in [-0.05, 0) is 37.9 Å². The largest absolute Gasteiger partial charge is 0.373 e. The molecule has 2 aromatic carbocycles. The van der Waals surface area contributed by atoms with E-state index in [1.807, 2.05) is 49.3 Å². The number of carbonyl (C=O) groups excluding carboxylic acids is 1. The minimum Gasteiger partial charge on any atom is -0.373 e. The molecule has 1 aromatic heterocycles. The fraction of sp³-hybridized carbons (Fsp3) is 0.348. The number of fused-ring (bicyclic) bond motifs is 1. The van der Waals surface area contributed by atoms with Gasteiger partial charge in [-0.2, -0.15) is 0 Å². The van der Waals surface area contributed by atoms with Crippen molar-refractivity contribution in [1.82, 2.24) is 19.4 Å². The average molecular weight is 406 g/mol. The first kappa shape index (κ1) is 20.3. The molecule has 1 amide bonds. The van der Waals surface area contributed by atoms with Crippen molar-refractivity contribution in [1.29, 1.82) is 0 Å². The van der Waals surface area contributed by atoms with Gasteiger partial charge in [-0.25, -0.2) is 4.98 Å². The summed E-state index contributed by atoms with van der Waals surface area (Å²) >= 11 is 0. The van der Waals surface area contributed by atoms with Crippen molar-refractivity contribution in [2.75, 3.05) is 33.8 Å². The van der Waals surface area contributed by atoms with E-state index in [0.717, 1.165) is 5.56 Å². The van der Waals surface area contributed by atoms with E-state index in [1.165, 1.54) is 10.9 Å². The Kier molecular flexibility index (Phi) is 5.65. The molecule has 0 unspecified atom stereocenters. The van der Waals surface area contributed by atoms with Crippen molar-refractivity contribution in [3.05, 3.63) is 76.3 Å². The Bertz CT molecular complexity index is 1110. The molecule has 0 aliphatic carbocycles. The van der Waals surface area contributed by atoms with Crippen LogP contribution in [-0.4, -0.2) is 65.2 Å². The van der Waals surface area contributed by atoms with E-state index in [-0.39, 0.29) is 23.6 Å². The molecule has 1 aliphatic heterocycles. The van der Waals surface area contributed by atoms with E-state index in [4.69, 9.17) is 4.74 Å². The van der Waals surface area contributed by atoms with Gasteiger partial charge in [0.15, 0.2) is 0 Å². The normalized spacial score (nSPS) is 19.4. The van der Waals surface area contributed by atoms with Crippen LogP contribution in [-0.2, 0) is 11.8 Å². The summed E-state index contributed by atoms with van der Waals surface area (Å²) in [7, 11) is 5.67. The molecule has 1 saturated heterocycles. The Morgan fingerprint density at radius 1 is 1.20 bits per heavy atom. The van der Waals surface area contributed by atoms with E-state index in [0.29, 0.717) is 36.2 Å². The maximum absolute atomic E-state index is 13.6. The van der Waals surface area contributed by atoms with Gasteiger partial charge < -0.3 is 19.1 Å². The minimum absolute atomic E-state index is 0.0831. The highest BCUT2D eigenvalue weighted by atomic mass is 16.5. The highest BCUT2D eigenvalue weighted by Gasteiger charge is 2.37. The molecular weight excluding hydrogens is 380 g/mol. The topological polar surface area (TPSA) is 67.7 Å². The molecule has 3 aromatic rings. The number of amides is 1. The number of nitrogens with zero attached hydrogens (tertiary/aromatic N) is 4. The number of hydrogen-bond donors (Lipinski definition) is 0. The smallest absolute Gasteiger partial charge is 0.260 e. The molecule has 2 atom stereocenters. The summed E-state index contributed by atoms with van der Waals surface area (Å²) in [6, 6.07) is 14.9. The predicted octanol–water partition coefficient (Wildman–Crippen LogP) is 2.08. The molecule has 0 spiro atoms. The number of benzene rings is 2. The zero-order chi connectivity index (χ0) is 21.3. The van der Waals surface area contributed by atoms with Gasteiger partial charge in [-0.3, -0.25) is 9.59 Å². The van der Waals surface area contributed by atoms with Crippen molar-refractivity contribution >= 4 is 16.8 Å². The van der Waals surface area contributed by atoms with E-state index >= 15 is 0 Å². The van der Waals surface area contributed by atoms with E-state index in [1.54, 1.807) is 25.2 Å². The Morgan fingerprint density at radius 2 is 1.97 bits per heavy atom. The Labute approximate surface area is 175 Å². The summed E-state index contributed by atoms with van der Waals surface area (Å²) < 4.78 is 7.51. The fourth-order valence-electron chi connectivity index (χ4n) is 4.03. The molecule has 1 fully saturated rings. The summed E-state index contributed by atoms with van der Waals surface area (Å²) in [4.78, 5) is 34.1. The van der Waals surface area contributed by atoms with E-state index < -0.39 is 0 Å². The molecule has 0 saturated carbocycles. The van der Waals surface area contributed by atoms with Crippen LogP contribution in [0.1, 0.15) is 22.0 Å². The maximum atomic E-state index is 13.6. The number of aromatic nitrogens is 2. The zero-order valence-corrected chi connectivity index (χ0v) is 17.5. The van der Waals surface area contributed by atoms with Crippen LogP contribution >= 0.6 is 0 Å². The van der Waals surface area contributed by atoms with E-state index in [2.05, 4.69) is 9.88 Å². The van der Waals surface area contributed by atoms with Crippen molar-refractivity contribution in [2.45, 2.75) is 12.1 Å².